The Labute approximate surface area is 187 Å². The number of hydrogen-bond acceptors (Lipinski definition) is 7. The molecule has 172 valence electrons. The number of sulfonamides is 1. The van der Waals surface area contributed by atoms with Gasteiger partial charge in [-0.25, -0.2) is 22.4 Å². The molecule has 2 aromatic carbocycles. The van der Waals surface area contributed by atoms with E-state index in [9.17, 15) is 27.2 Å². The van der Waals surface area contributed by atoms with Crippen LogP contribution in [0.5, 0.6) is 0 Å². The lowest BCUT2D eigenvalue weighted by Gasteiger charge is -2.12. The monoisotopic (exact) mass is 475 g/mol. The van der Waals surface area contributed by atoms with E-state index < -0.39 is 40.4 Å². The topological polar surface area (TPSA) is 144 Å². The van der Waals surface area contributed by atoms with Gasteiger partial charge in [-0.2, -0.15) is 0 Å². The molecule has 10 nitrogen and oxygen atoms in total. The summed E-state index contributed by atoms with van der Waals surface area (Å²) < 4.78 is 50.3. The lowest BCUT2D eigenvalue weighted by Crippen LogP contribution is -2.41. The summed E-state index contributed by atoms with van der Waals surface area (Å²) >= 11 is 0. The number of furan rings is 1. The van der Waals surface area contributed by atoms with Gasteiger partial charge in [0.05, 0.1) is 29.0 Å². The summed E-state index contributed by atoms with van der Waals surface area (Å²) in [5.41, 5.74) is -0.276. The van der Waals surface area contributed by atoms with Crippen LogP contribution in [0.1, 0.15) is 16.1 Å². The Morgan fingerprint density at radius 2 is 1.70 bits per heavy atom. The Morgan fingerprint density at radius 3 is 2.39 bits per heavy atom. The van der Waals surface area contributed by atoms with Crippen molar-refractivity contribution in [1.82, 2.24) is 10.6 Å². The third-order valence-electron chi connectivity index (χ3n) is 4.11. The molecule has 0 bridgehead atoms. The van der Waals surface area contributed by atoms with E-state index in [1.54, 1.807) is 12.1 Å². The smallest absolute Gasteiger partial charge is 0.340 e. The number of imide groups is 1. The van der Waals surface area contributed by atoms with E-state index in [1.165, 1.54) is 30.5 Å². The van der Waals surface area contributed by atoms with Crippen molar-refractivity contribution in [2.75, 3.05) is 11.3 Å². The highest BCUT2D eigenvalue weighted by Crippen LogP contribution is 2.21. The van der Waals surface area contributed by atoms with Crippen molar-refractivity contribution in [2.45, 2.75) is 11.4 Å². The zero-order chi connectivity index (χ0) is 23.8. The highest BCUT2D eigenvalue weighted by Gasteiger charge is 2.20. The first-order chi connectivity index (χ1) is 15.7. The van der Waals surface area contributed by atoms with Gasteiger partial charge in [0, 0.05) is 0 Å². The van der Waals surface area contributed by atoms with Crippen molar-refractivity contribution in [3.05, 3.63) is 84.1 Å². The van der Waals surface area contributed by atoms with Gasteiger partial charge in [-0.15, -0.1) is 0 Å². The Balaban J connectivity index is 1.57. The van der Waals surface area contributed by atoms with E-state index in [0.717, 1.165) is 24.3 Å². The van der Waals surface area contributed by atoms with E-state index in [2.05, 4.69) is 10.0 Å². The van der Waals surface area contributed by atoms with Crippen molar-refractivity contribution in [1.29, 1.82) is 0 Å². The van der Waals surface area contributed by atoms with Gasteiger partial charge in [0.25, 0.3) is 15.9 Å². The van der Waals surface area contributed by atoms with Crippen molar-refractivity contribution < 1.29 is 36.3 Å². The van der Waals surface area contributed by atoms with Crippen LogP contribution in [0, 0.1) is 5.82 Å². The minimum absolute atomic E-state index is 0.0491. The summed E-state index contributed by atoms with van der Waals surface area (Å²) in [6.07, 6.45) is 1.43. The fourth-order valence-electron chi connectivity index (χ4n) is 2.56. The highest BCUT2D eigenvalue weighted by molar-refractivity contribution is 7.92. The normalized spacial score (nSPS) is 10.8. The van der Waals surface area contributed by atoms with Crippen molar-refractivity contribution in [3.8, 4) is 0 Å². The number of carbonyl (C=O) groups excluding carboxylic acids is 3. The van der Waals surface area contributed by atoms with Gasteiger partial charge in [0.2, 0.25) is 0 Å². The van der Waals surface area contributed by atoms with Crippen molar-refractivity contribution in [3.63, 3.8) is 0 Å². The predicted molar refractivity (Wildman–Crippen MR) is 113 cm³/mol. The maximum Gasteiger partial charge on any atom is 0.340 e. The molecule has 0 saturated carbocycles. The molecular formula is C21H18FN3O7S. The molecule has 3 rings (SSSR count). The Kier molecular flexibility index (Phi) is 7.41. The van der Waals surface area contributed by atoms with Crippen LogP contribution in [0.15, 0.2) is 76.2 Å². The summed E-state index contributed by atoms with van der Waals surface area (Å²) in [6, 6.07) is 12.1. The molecule has 0 unspecified atom stereocenters. The minimum Gasteiger partial charge on any atom is -0.467 e. The fourth-order valence-corrected chi connectivity index (χ4v) is 3.64. The Morgan fingerprint density at radius 1 is 0.970 bits per heavy atom. The first-order valence-electron chi connectivity index (χ1n) is 9.39. The van der Waals surface area contributed by atoms with Crippen LogP contribution >= 0.6 is 0 Å². The van der Waals surface area contributed by atoms with Crippen LogP contribution in [0.25, 0.3) is 0 Å². The second kappa shape index (κ2) is 10.4. The molecule has 3 amide bonds. The van der Waals surface area contributed by atoms with Gasteiger partial charge in [0.1, 0.15) is 11.6 Å². The molecule has 33 heavy (non-hydrogen) atoms. The number of hydrogen-bond donors (Lipinski definition) is 3. The summed E-state index contributed by atoms with van der Waals surface area (Å²) in [5, 5.41) is 4.36. The fraction of sp³-hybridized carbons (Fsp3) is 0.0952. The minimum atomic E-state index is -4.12. The van der Waals surface area contributed by atoms with Gasteiger partial charge in [-0.05, 0) is 48.5 Å². The maximum atomic E-state index is 13.1. The molecule has 12 heteroatoms. The molecule has 0 aliphatic rings. The van der Waals surface area contributed by atoms with Gasteiger partial charge < -0.3 is 14.5 Å². The second-order valence-corrected chi connectivity index (χ2v) is 8.17. The highest BCUT2D eigenvalue weighted by atomic mass is 32.2. The number of amides is 3. The maximum absolute atomic E-state index is 13.1. The molecular weight excluding hydrogens is 457 g/mol. The number of anilines is 1. The van der Waals surface area contributed by atoms with E-state index >= 15 is 0 Å². The summed E-state index contributed by atoms with van der Waals surface area (Å²) in [6.45, 7) is -0.737. The average molecular weight is 475 g/mol. The molecule has 0 radical (unpaired) electrons. The van der Waals surface area contributed by atoms with Gasteiger partial charge in [-0.3, -0.25) is 14.8 Å². The van der Waals surface area contributed by atoms with E-state index in [4.69, 9.17) is 9.15 Å². The second-order valence-electron chi connectivity index (χ2n) is 6.49. The molecule has 0 aliphatic carbocycles. The van der Waals surface area contributed by atoms with Gasteiger partial charge in [-0.1, -0.05) is 12.1 Å². The molecule has 3 N–H and O–H groups in total. The molecule has 0 spiro atoms. The third-order valence-corrected chi connectivity index (χ3v) is 5.49. The predicted octanol–water partition coefficient (Wildman–Crippen LogP) is 2.40. The Hall–Kier alpha value is -4.19. The number of nitrogens with one attached hydrogen (secondary N) is 3. The molecule has 0 aliphatic heterocycles. The largest absolute Gasteiger partial charge is 0.467 e. The number of ether oxygens (including phenoxy) is 1. The standard InChI is InChI=1S/C21H18FN3O7S/c22-14-7-9-16(10-8-14)33(29,30)25-18-6-2-1-5-17(18)20(27)32-13-19(26)24-21(28)23-12-15-4-3-11-31-15/h1-11,25H,12-13H2,(H2,23,24,26,28). The first-order valence-corrected chi connectivity index (χ1v) is 10.9. The van der Waals surface area contributed by atoms with Crippen LogP contribution in [0.3, 0.4) is 0 Å². The van der Waals surface area contributed by atoms with Gasteiger partial charge >= 0.3 is 12.0 Å². The zero-order valence-electron chi connectivity index (χ0n) is 16.9. The molecule has 3 aromatic rings. The first kappa shape index (κ1) is 23.5. The number of benzene rings is 2. The number of urea groups is 1. The van der Waals surface area contributed by atoms with Crippen LogP contribution in [0.2, 0.25) is 0 Å². The van der Waals surface area contributed by atoms with Crippen LogP contribution in [-0.2, 0) is 26.1 Å². The number of esters is 1. The summed E-state index contributed by atoms with van der Waals surface area (Å²) in [7, 11) is -4.12. The van der Waals surface area contributed by atoms with E-state index in [-0.39, 0.29) is 22.7 Å². The number of rotatable bonds is 8. The van der Waals surface area contributed by atoms with Crippen LogP contribution < -0.4 is 15.4 Å². The molecule has 1 heterocycles. The van der Waals surface area contributed by atoms with Crippen molar-refractivity contribution >= 4 is 33.6 Å². The van der Waals surface area contributed by atoms with E-state index in [1.807, 2.05) is 5.32 Å². The van der Waals surface area contributed by atoms with E-state index in [0.29, 0.717) is 5.76 Å². The van der Waals surface area contributed by atoms with Crippen LogP contribution in [-0.4, -0.2) is 32.9 Å². The molecule has 0 fully saturated rings. The lowest BCUT2D eigenvalue weighted by molar-refractivity contribution is -0.123. The number of halogens is 1. The average Bonchev–Trinajstić information content (AvgIpc) is 3.30. The quantitative estimate of drug-likeness (QED) is 0.424. The zero-order valence-corrected chi connectivity index (χ0v) is 17.7. The number of para-hydroxylation sites is 1. The summed E-state index contributed by atoms with van der Waals surface area (Å²) in [5.74, 6) is -2.03. The summed E-state index contributed by atoms with van der Waals surface area (Å²) in [4.78, 5) is 35.8. The van der Waals surface area contributed by atoms with Crippen LogP contribution in [0.4, 0.5) is 14.9 Å². The molecule has 0 atom stereocenters. The third kappa shape index (κ3) is 6.64. The van der Waals surface area contributed by atoms with Crippen molar-refractivity contribution in [2.24, 2.45) is 0 Å². The molecule has 1 aromatic heterocycles. The molecule has 0 saturated heterocycles. The lowest BCUT2D eigenvalue weighted by atomic mass is 10.2. The number of carbonyl (C=O) groups is 3. The SMILES string of the molecule is O=C(COC(=O)c1ccccc1NS(=O)(=O)c1ccc(F)cc1)NC(=O)NCc1ccco1. The van der Waals surface area contributed by atoms with Gasteiger partial charge in [0.15, 0.2) is 6.61 Å². The Bertz CT molecular complexity index is 1240.